The van der Waals surface area contributed by atoms with Gasteiger partial charge in [0.05, 0.1) is 0 Å². The maximum atomic E-state index is 12.7. The number of carbonyl (C=O) groups excluding carboxylic acids is 1. The Bertz CT molecular complexity index is 815. The molecule has 1 aromatic heterocycles. The summed E-state index contributed by atoms with van der Waals surface area (Å²) < 4.78 is 0. The standard InChI is InChI=1S/C22H28N4O/c1-17-7-3-4-8-20(17)25-13-14-26(18(2)16-25)21-15-19(9-10-23-21)22(27)24-11-5-6-12-24/h3-4,7-10,15,18H,5-6,11-14,16H2,1-2H3/t18-/m0/s1. The Balaban J connectivity index is 1.49. The van der Waals surface area contributed by atoms with E-state index < -0.39 is 0 Å². The van der Waals surface area contributed by atoms with E-state index in [0.717, 1.165) is 56.9 Å². The molecule has 0 bridgehead atoms. The van der Waals surface area contributed by atoms with Crippen molar-refractivity contribution in [2.24, 2.45) is 0 Å². The van der Waals surface area contributed by atoms with Gasteiger partial charge in [-0.05, 0) is 50.5 Å². The molecule has 2 aliphatic rings. The summed E-state index contributed by atoms with van der Waals surface area (Å²) in [7, 11) is 0. The molecule has 142 valence electrons. The lowest BCUT2D eigenvalue weighted by atomic mass is 10.1. The summed E-state index contributed by atoms with van der Waals surface area (Å²) in [5.74, 6) is 1.05. The number of carbonyl (C=O) groups is 1. The maximum absolute atomic E-state index is 12.7. The van der Waals surface area contributed by atoms with Crippen LogP contribution in [0.15, 0.2) is 42.6 Å². The summed E-state index contributed by atoms with van der Waals surface area (Å²) in [6, 6.07) is 12.7. The first-order valence-corrected chi connectivity index (χ1v) is 9.96. The highest BCUT2D eigenvalue weighted by Gasteiger charge is 2.27. The van der Waals surface area contributed by atoms with Crippen molar-refractivity contribution in [2.75, 3.05) is 42.5 Å². The van der Waals surface area contributed by atoms with Gasteiger partial charge in [-0.25, -0.2) is 4.98 Å². The second-order valence-electron chi connectivity index (χ2n) is 7.68. The minimum atomic E-state index is 0.141. The molecule has 0 unspecified atom stereocenters. The van der Waals surface area contributed by atoms with Crippen LogP contribution < -0.4 is 9.80 Å². The third kappa shape index (κ3) is 3.64. The summed E-state index contributed by atoms with van der Waals surface area (Å²) in [6.45, 7) is 8.98. The lowest BCUT2D eigenvalue weighted by Crippen LogP contribution is -2.52. The van der Waals surface area contributed by atoms with Gasteiger partial charge in [0.1, 0.15) is 5.82 Å². The molecule has 1 atom stereocenters. The van der Waals surface area contributed by atoms with Crippen LogP contribution in [0, 0.1) is 6.92 Å². The van der Waals surface area contributed by atoms with Gasteiger partial charge >= 0.3 is 0 Å². The van der Waals surface area contributed by atoms with Crippen LogP contribution in [0.3, 0.4) is 0 Å². The number of para-hydroxylation sites is 1. The normalized spacial score (nSPS) is 20.2. The van der Waals surface area contributed by atoms with Gasteiger partial charge in [-0.1, -0.05) is 18.2 Å². The molecule has 5 nitrogen and oxygen atoms in total. The monoisotopic (exact) mass is 364 g/mol. The first-order chi connectivity index (χ1) is 13.1. The molecule has 2 aliphatic heterocycles. The minimum absolute atomic E-state index is 0.141. The van der Waals surface area contributed by atoms with Gasteiger partial charge in [-0.2, -0.15) is 0 Å². The van der Waals surface area contributed by atoms with E-state index in [1.54, 1.807) is 6.20 Å². The number of hydrogen-bond donors (Lipinski definition) is 0. The van der Waals surface area contributed by atoms with Gasteiger partial charge in [-0.15, -0.1) is 0 Å². The van der Waals surface area contributed by atoms with Crippen molar-refractivity contribution in [3.63, 3.8) is 0 Å². The molecule has 1 amide bonds. The van der Waals surface area contributed by atoms with Gasteiger partial charge in [-0.3, -0.25) is 4.79 Å². The predicted octanol–water partition coefficient (Wildman–Crippen LogP) is 3.34. The van der Waals surface area contributed by atoms with Crippen molar-refractivity contribution in [3.8, 4) is 0 Å². The number of benzene rings is 1. The number of rotatable bonds is 3. The van der Waals surface area contributed by atoms with E-state index in [2.05, 4.69) is 52.9 Å². The highest BCUT2D eigenvalue weighted by molar-refractivity contribution is 5.95. The van der Waals surface area contributed by atoms with Gasteiger partial charge in [0.15, 0.2) is 0 Å². The Morgan fingerprint density at radius 1 is 1.07 bits per heavy atom. The van der Waals surface area contributed by atoms with Crippen molar-refractivity contribution >= 4 is 17.4 Å². The Morgan fingerprint density at radius 2 is 1.85 bits per heavy atom. The minimum Gasteiger partial charge on any atom is -0.367 e. The van der Waals surface area contributed by atoms with Crippen LogP contribution in [0.2, 0.25) is 0 Å². The van der Waals surface area contributed by atoms with Crippen LogP contribution in [-0.2, 0) is 0 Å². The summed E-state index contributed by atoms with van der Waals surface area (Å²) in [5, 5.41) is 0. The molecule has 2 saturated heterocycles. The fourth-order valence-corrected chi connectivity index (χ4v) is 4.25. The number of piperazine rings is 1. The molecule has 27 heavy (non-hydrogen) atoms. The topological polar surface area (TPSA) is 39.7 Å². The van der Waals surface area contributed by atoms with E-state index in [-0.39, 0.29) is 5.91 Å². The average molecular weight is 364 g/mol. The number of likely N-dealkylation sites (tertiary alicyclic amines) is 1. The smallest absolute Gasteiger partial charge is 0.254 e. The van der Waals surface area contributed by atoms with Crippen LogP contribution in [0.5, 0.6) is 0 Å². The molecule has 0 aliphatic carbocycles. The fraction of sp³-hybridized carbons (Fsp3) is 0.455. The molecule has 3 heterocycles. The first-order valence-electron chi connectivity index (χ1n) is 9.96. The fourth-order valence-electron chi connectivity index (χ4n) is 4.25. The first kappa shape index (κ1) is 17.8. The van der Waals surface area contributed by atoms with Crippen LogP contribution in [0.1, 0.15) is 35.7 Å². The highest BCUT2D eigenvalue weighted by Crippen LogP contribution is 2.26. The molecule has 0 radical (unpaired) electrons. The van der Waals surface area contributed by atoms with Crippen molar-refractivity contribution < 1.29 is 4.79 Å². The van der Waals surface area contributed by atoms with Crippen LogP contribution in [-0.4, -0.2) is 54.6 Å². The molecule has 0 N–H and O–H groups in total. The third-order valence-electron chi connectivity index (χ3n) is 5.76. The van der Waals surface area contributed by atoms with Crippen molar-refractivity contribution in [1.82, 2.24) is 9.88 Å². The molecular formula is C22H28N4O. The Hall–Kier alpha value is -2.56. The second-order valence-corrected chi connectivity index (χ2v) is 7.68. The van der Waals surface area contributed by atoms with Crippen molar-refractivity contribution in [2.45, 2.75) is 32.7 Å². The summed E-state index contributed by atoms with van der Waals surface area (Å²) in [5.41, 5.74) is 3.39. The summed E-state index contributed by atoms with van der Waals surface area (Å²) in [4.78, 5) is 24.0. The number of nitrogens with zero attached hydrogens (tertiary/aromatic N) is 4. The number of aromatic nitrogens is 1. The molecule has 0 saturated carbocycles. The van der Waals surface area contributed by atoms with Crippen molar-refractivity contribution in [3.05, 3.63) is 53.7 Å². The van der Waals surface area contributed by atoms with E-state index in [4.69, 9.17) is 0 Å². The maximum Gasteiger partial charge on any atom is 0.254 e. The number of anilines is 2. The zero-order chi connectivity index (χ0) is 18.8. The number of amides is 1. The molecular weight excluding hydrogens is 336 g/mol. The SMILES string of the molecule is Cc1ccccc1N1CCN(c2cc(C(=O)N3CCCC3)ccn2)[C@@H](C)C1. The van der Waals surface area contributed by atoms with Gasteiger partial charge < -0.3 is 14.7 Å². The quantitative estimate of drug-likeness (QED) is 0.837. The Labute approximate surface area is 161 Å². The molecule has 2 fully saturated rings. The lowest BCUT2D eigenvalue weighted by Gasteiger charge is -2.42. The van der Waals surface area contributed by atoms with E-state index in [9.17, 15) is 4.79 Å². The Morgan fingerprint density at radius 3 is 2.59 bits per heavy atom. The van der Waals surface area contributed by atoms with E-state index in [1.807, 2.05) is 17.0 Å². The predicted molar refractivity (Wildman–Crippen MR) is 110 cm³/mol. The summed E-state index contributed by atoms with van der Waals surface area (Å²) in [6.07, 6.45) is 4.00. The van der Waals surface area contributed by atoms with Gasteiger partial charge in [0.25, 0.3) is 5.91 Å². The third-order valence-corrected chi connectivity index (χ3v) is 5.76. The zero-order valence-corrected chi connectivity index (χ0v) is 16.3. The molecule has 2 aromatic rings. The van der Waals surface area contributed by atoms with Gasteiger partial charge in [0, 0.05) is 56.2 Å². The highest BCUT2D eigenvalue weighted by atomic mass is 16.2. The number of hydrogen-bond acceptors (Lipinski definition) is 4. The average Bonchev–Trinajstić information content (AvgIpc) is 3.22. The second kappa shape index (κ2) is 7.59. The summed E-state index contributed by atoms with van der Waals surface area (Å²) >= 11 is 0. The van der Waals surface area contributed by atoms with E-state index >= 15 is 0 Å². The van der Waals surface area contributed by atoms with Crippen LogP contribution in [0.4, 0.5) is 11.5 Å². The number of pyridine rings is 1. The molecule has 0 spiro atoms. The van der Waals surface area contributed by atoms with Crippen molar-refractivity contribution in [1.29, 1.82) is 0 Å². The molecule has 5 heteroatoms. The molecule has 4 rings (SSSR count). The van der Waals surface area contributed by atoms with Gasteiger partial charge in [0.2, 0.25) is 0 Å². The van der Waals surface area contributed by atoms with E-state index in [0.29, 0.717) is 6.04 Å². The molecule has 1 aromatic carbocycles. The lowest BCUT2D eigenvalue weighted by molar-refractivity contribution is 0.0792. The Kier molecular flexibility index (Phi) is 5.01. The number of aryl methyl sites for hydroxylation is 1. The van der Waals surface area contributed by atoms with Crippen LogP contribution >= 0.6 is 0 Å². The largest absolute Gasteiger partial charge is 0.367 e. The van der Waals surface area contributed by atoms with E-state index in [1.165, 1.54) is 11.3 Å². The van der Waals surface area contributed by atoms with Crippen LogP contribution in [0.25, 0.3) is 0 Å². The zero-order valence-electron chi connectivity index (χ0n) is 16.3.